The topological polar surface area (TPSA) is 26.0 Å². The standard InChI is InChI=1S/C7H9N.C2H6.CH4S/c1-6-2-4-7(8)5-3-6;2*1-2/h2-5H,8H2,1H3;1-2H3;2H,1H3. The van der Waals surface area contributed by atoms with Gasteiger partial charge in [-0.3, -0.25) is 0 Å². The Morgan fingerprint density at radius 2 is 1.33 bits per heavy atom. The van der Waals surface area contributed by atoms with E-state index in [-0.39, 0.29) is 0 Å². The van der Waals surface area contributed by atoms with E-state index >= 15 is 0 Å². The molecule has 0 aromatic heterocycles. The van der Waals surface area contributed by atoms with E-state index in [1.165, 1.54) is 5.56 Å². The summed E-state index contributed by atoms with van der Waals surface area (Å²) in [5, 5.41) is 0. The Hall–Kier alpha value is -0.630. The van der Waals surface area contributed by atoms with Gasteiger partial charge in [0, 0.05) is 5.69 Å². The highest BCUT2D eigenvalue weighted by Gasteiger charge is 1.80. The molecule has 0 saturated heterocycles. The molecule has 0 unspecified atom stereocenters. The number of hydrogen-bond acceptors (Lipinski definition) is 2. The second kappa shape index (κ2) is 10.4. The van der Waals surface area contributed by atoms with Crippen LogP contribution in [0, 0.1) is 6.92 Å². The number of anilines is 1. The summed E-state index contributed by atoms with van der Waals surface area (Å²) in [7, 11) is 0. The van der Waals surface area contributed by atoms with Crippen LogP contribution in [0.15, 0.2) is 24.3 Å². The summed E-state index contributed by atoms with van der Waals surface area (Å²) < 4.78 is 0. The van der Waals surface area contributed by atoms with E-state index in [1.54, 1.807) is 6.26 Å². The summed E-state index contributed by atoms with van der Waals surface area (Å²) in [6, 6.07) is 7.79. The molecule has 2 N–H and O–H groups in total. The highest BCUT2D eigenvalue weighted by molar-refractivity contribution is 7.79. The van der Waals surface area contributed by atoms with E-state index in [2.05, 4.69) is 12.6 Å². The lowest BCUT2D eigenvalue weighted by atomic mass is 10.2. The minimum atomic E-state index is 0.829. The molecule has 0 bridgehead atoms. The molecule has 0 aliphatic rings. The maximum absolute atomic E-state index is 5.43. The third kappa shape index (κ3) is 7.48. The lowest BCUT2D eigenvalue weighted by Gasteiger charge is -1.90. The van der Waals surface area contributed by atoms with Crippen molar-refractivity contribution in [2.75, 3.05) is 12.0 Å². The summed E-state index contributed by atoms with van der Waals surface area (Å²) in [5.74, 6) is 0. The van der Waals surface area contributed by atoms with Crippen molar-refractivity contribution in [2.45, 2.75) is 20.8 Å². The van der Waals surface area contributed by atoms with Crippen molar-refractivity contribution in [3.63, 3.8) is 0 Å². The van der Waals surface area contributed by atoms with Crippen LogP contribution in [-0.4, -0.2) is 6.26 Å². The molecule has 12 heavy (non-hydrogen) atoms. The summed E-state index contributed by atoms with van der Waals surface area (Å²) in [6.07, 6.45) is 1.69. The van der Waals surface area contributed by atoms with Gasteiger partial charge in [0.05, 0.1) is 0 Å². The fourth-order valence-corrected chi connectivity index (χ4v) is 0.566. The predicted molar refractivity (Wildman–Crippen MR) is 61.8 cm³/mol. The molecule has 0 fully saturated rings. The molecule has 1 rings (SSSR count). The largest absolute Gasteiger partial charge is 0.399 e. The van der Waals surface area contributed by atoms with Crippen molar-refractivity contribution in [2.24, 2.45) is 0 Å². The summed E-state index contributed by atoms with van der Waals surface area (Å²) >= 11 is 3.53. The molecule has 1 nitrogen and oxygen atoms in total. The Morgan fingerprint density at radius 1 is 1.00 bits per heavy atom. The van der Waals surface area contributed by atoms with Crippen molar-refractivity contribution in [3.05, 3.63) is 29.8 Å². The van der Waals surface area contributed by atoms with Crippen LogP contribution in [0.5, 0.6) is 0 Å². The van der Waals surface area contributed by atoms with Gasteiger partial charge >= 0.3 is 0 Å². The zero-order chi connectivity index (χ0) is 9.98. The zero-order valence-corrected chi connectivity index (χ0v) is 9.23. The maximum Gasteiger partial charge on any atom is 0.0314 e. The molecule has 0 aliphatic heterocycles. The van der Waals surface area contributed by atoms with Crippen LogP contribution >= 0.6 is 12.6 Å². The molecular weight excluding hydrogens is 166 g/mol. The average molecular weight is 185 g/mol. The quantitative estimate of drug-likeness (QED) is 0.471. The molecule has 1 aromatic carbocycles. The molecule has 0 heterocycles. The monoisotopic (exact) mass is 185 g/mol. The van der Waals surface area contributed by atoms with Gasteiger partial charge < -0.3 is 5.73 Å². The molecule has 0 aliphatic carbocycles. The Labute approximate surface area is 81.4 Å². The lowest BCUT2D eigenvalue weighted by molar-refractivity contribution is 1.47. The van der Waals surface area contributed by atoms with Crippen LogP contribution in [0.4, 0.5) is 5.69 Å². The van der Waals surface area contributed by atoms with Gasteiger partial charge in [0.2, 0.25) is 0 Å². The van der Waals surface area contributed by atoms with Gasteiger partial charge in [-0.25, -0.2) is 0 Å². The van der Waals surface area contributed by atoms with E-state index in [0.717, 1.165) is 5.69 Å². The van der Waals surface area contributed by atoms with Crippen molar-refractivity contribution >= 4 is 18.3 Å². The normalized spacial score (nSPS) is 7.08. The van der Waals surface area contributed by atoms with Gasteiger partial charge in [-0.05, 0) is 25.3 Å². The van der Waals surface area contributed by atoms with Crippen LogP contribution < -0.4 is 5.73 Å². The first-order chi connectivity index (χ1) is 5.79. The van der Waals surface area contributed by atoms with Crippen LogP contribution in [0.1, 0.15) is 19.4 Å². The highest BCUT2D eigenvalue weighted by atomic mass is 32.1. The van der Waals surface area contributed by atoms with Crippen molar-refractivity contribution in [3.8, 4) is 0 Å². The van der Waals surface area contributed by atoms with Gasteiger partial charge in [0.25, 0.3) is 0 Å². The third-order valence-corrected chi connectivity index (χ3v) is 1.08. The van der Waals surface area contributed by atoms with Crippen LogP contribution in [-0.2, 0) is 0 Å². The zero-order valence-electron chi connectivity index (χ0n) is 8.33. The first-order valence-corrected chi connectivity index (χ1v) is 4.95. The van der Waals surface area contributed by atoms with Crippen LogP contribution in [0.3, 0.4) is 0 Å². The van der Waals surface area contributed by atoms with Crippen LogP contribution in [0.25, 0.3) is 0 Å². The lowest BCUT2D eigenvalue weighted by Crippen LogP contribution is -1.81. The fourth-order valence-electron chi connectivity index (χ4n) is 0.566. The minimum Gasteiger partial charge on any atom is -0.399 e. The number of nitrogen functional groups attached to an aromatic ring is 1. The maximum atomic E-state index is 5.43. The summed E-state index contributed by atoms with van der Waals surface area (Å²) in [6.45, 7) is 6.04. The third-order valence-electron chi connectivity index (χ3n) is 1.08. The Morgan fingerprint density at radius 3 is 1.58 bits per heavy atom. The highest BCUT2D eigenvalue weighted by Crippen LogP contribution is 2.02. The van der Waals surface area contributed by atoms with Gasteiger partial charge in [-0.2, -0.15) is 12.6 Å². The van der Waals surface area contributed by atoms with Crippen LogP contribution in [0.2, 0.25) is 0 Å². The van der Waals surface area contributed by atoms with E-state index in [0.29, 0.717) is 0 Å². The average Bonchev–Trinajstić information content (AvgIpc) is 2.17. The van der Waals surface area contributed by atoms with Crippen molar-refractivity contribution in [1.82, 2.24) is 0 Å². The Balaban J connectivity index is 0. The smallest absolute Gasteiger partial charge is 0.0314 e. The minimum absolute atomic E-state index is 0.829. The molecule has 0 spiro atoms. The van der Waals surface area contributed by atoms with Gasteiger partial charge in [0.15, 0.2) is 0 Å². The fraction of sp³-hybridized carbons (Fsp3) is 0.400. The summed E-state index contributed by atoms with van der Waals surface area (Å²) in [5.41, 5.74) is 7.51. The van der Waals surface area contributed by atoms with Gasteiger partial charge in [0.1, 0.15) is 0 Å². The van der Waals surface area contributed by atoms with Crippen molar-refractivity contribution < 1.29 is 0 Å². The molecule has 0 atom stereocenters. The second-order valence-corrected chi connectivity index (χ2v) is 1.91. The SMILES string of the molecule is CC.CS.Cc1ccc(N)cc1. The molecule has 2 heteroatoms. The first-order valence-electron chi connectivity index (χ1n) is 4.06. The molecule has 0 saturated carbocycles. The van der Waals surface area contributed by atoms with Crippen molar-refractivity contribution in [1.29, 1.82) is 0 Å². The number of hydrogen-bond donors (Lipinski definition) is 2. The Bertz CT molecular complexity index is 149. The van der Waals surface area contributed by atoms with E-state index < -0.39 is 0 Å². The first kappa shape index (κ1) is 13.9. The second-order valence-electron chi connectivity index (χ2n) is 1.91. The molecule has 0 radical (unpaired) electrons. The predicted octanol–water partition coefficient (Wildman–Crippen LogP) is 3.15. The van der Waals surface area contributed by atoms with Gasteiger partial charge in [-0.15, -0.1) is 0 Å². The van der Waals surface area contributed by atoms with E-state index in [4.69, 9.17) is 5.73 Å². The number of thiol groups is 1. The molecule has 0 amide bonds. The Kier molecular flexibility index (Phi) is 12.0. The number of benzene rings is 1. The summed E-state index contributed by atoms with van der Waals surface area (Å²) in [4.78, 5) is 0. The van der Waals surface area contributed by atoms with Gasteiger partial charge in [-0.1, -0.05) is 31.5 Å². The van der Waals surface area contributed by atoms with E-state index in [9.17, 15) is 0 Å². The molecule has 1 aromatic rings. The number of rotatable bonds is 0. The number of nitrogens with two attached hydrogens (primary N) is 1. The van der Waals surface area contributed by atoms with E-state index in [1.807, 2.05) is 45.0 Å². The number of aryl methyl sites for hydroxylation is 1. The molecule has 70 valence electrons. The molecular formula is C10H19NS.